The maximum atomic E-state index is 12.2. The largest absolute Gasteiger partial charge is 0.507 e. The number of nitrogens with zero attached hydrogens (tertiary/aromatic N) is 1. The van der Waals surface area contributed by atoms with Crippen molar-refractivity contribution < 1.29 is 19.4 Å². The van der Waals surface area contributed by atoms with Crippen LogP contribution in [0.5, 0.6) is 11.5 Å². The second-order valence-corrected chi connectivity index (χ2v) is 4.77. The first-order valence-corrected chi connectivity index (χ1v) is 6.27. The third-order valence-electron chi connectivity index (χ3n) is 2.61. The maximum absolute atomic E-state index is 12.2. The summed E-state index contributed by atoms with van der Waals surface area (Å²) < 4.78 is 5.01. The molecule has 0 fully saturated rings. The van der Waals surface area contributed by atoms with Crippen molar-refractivity contribution in [1.82, 2.24) is 10.2 Å². The van der Waals surface area contributed by atoms with E-state index in [9.17, 15) is 14.7 Å². The van der Waals surface area contributed by atoms with Gasteiger partial charge in [0, 0.05) is 13.1 Å². The highest BCUT2D eigenvalue weighted by Crippen LogP contribution is 2.23. The molecule has 110 valence electrons. The van der Waals surface area contributed by atoms with E-state index in [2.05, 4.69) is 5.32 Å². The number of phenols is 1. The average Bonchev–Trinajstić information content (AvgIpc) is 2.37. The van der Waals surface area contributed by atoms with Crippen molar-refractivity contribution in [3.8, 4) is 11.5 Å². The van der Waals surface area contributed by atoms with Gasteiger partial charge >= 0.3 is 0 Å². The summed E-state index contributed by atoms with van der Waals surface area (Å²) in [6.07, 6.45) is 0. The SMILES string of the molecule is COc1ccc(O)c(C(=O)N(C)CC(=O)NC(C)C)c1. The van der Waals surface area contributed by atoms with Gasteiger partial charge in [-0.3, -0.25) is 9.59 Å². The van der Waals surface area contributed by atoms with Gasteiger partial charge in [-0.2, -0.15) is 0 Å². The third-order valence-corrected chi connectivity index (χ3v) is 2.61. The van der Waals surface area contributed by atoms with Crippen LogP contribution in [0, 0.1) is 0 Å². The minimum Gasteiger partial charge on any atom is -0.507 e. The molecule has 2 N–H and O–H groups in total. The summed E-state index contributed by atoms with van der Waals surface area (Å²) in [6.45, 7) is 3.61. The quantitative estimate of drug-likeness (QED) is 0.843. The van der Waals surface area contributed by atoms with Gasteiger partial charge in [-0.25, -0.2) is 0 Å². The van der Waals surface area contributed by atoms with Crippen LogP contribution < -0.4 is 10.1 Å². The van der Waals surface area contributed by atoms with E-state index in [1.165, 1.54) is 31.2 Å². The maximum Gasteiger partial charge on any atom is 0.257 e. The summed E-state index contributed by atoms with van der Waals surface area (Å²) >= 11 is 0. The second kappa shape index (κ2) is 6.79. The summed E-state index contributed by atoms with van der Waals surface area (Å²) in [7, 11) is 2.97. The lowest BCUT2D eigenvalue weighted by molar-refractivity contribution is -0.122. The molecular weight excluding hydrogens is 260 g/mol. The molecule has 1 aromatic carbocycles. The molecule has 0 spiro atoms. The molecule has 0 aliphatic rings. The van der Waals surface area contributed by atoms with Gasteiger partial charge in [0.25, 0.3) is 5.91 Å². The number of likely N-dealkylation sites (N-methyl/N-ethyl adjacent to an activating group) is 1. The molecule has 0 saturated carbocycles. The van der Waals surface area contributed by atoms with Gasteiger partial charge in [0.05, 0.1) is 19.2 Å². The predicted molar refractivity (Wildman–Crippen MR) is 74.9 cm³/mol. The van der Waals surface area contributed by atoms with Crippen LogP contribution in [0.15, 0.2) is 18.2 Å². The minimum absolute atomic E-state index is 0.0104. The fraction of sp³-hybridized carbons (Fsp3) is 0.429. The first kappa shape index (κ1) is 15.8. The summed E-state index contributed by atoms with van der Waals surface area (Å²) in [5.74, 6) is -0.378. The summed E-state index contributed by atoms with van der Waals surface area (Å²) in [5, 5.41) is 12.4. The van der Waals surface area contributed by atoms with Crippen molar-refractivity contribution in [3.63, 3.8) is 0 Å². The van der Waals surface area contributed by atoms with Gasteiger partial charge in [0.15, 0.2) is 0 Å². The number of rotatable bonds is 5. The van der Waals surface area contributed by atoms with Gasteiger partial charge < -0.3 is 20.1 Å². The van der Waals surface area contributed by atoms with Crippen LogP contribution in [0.25, 0.3) is 0 Å². The molecule has 0 atom stereocenters. The molecule has 0 aliphatic carbocycles. The fourth-order valence-corrected chi connectivity index (χ4v) is 1.67. The number of phenolic OH excluding ortho intramolecular Hbond substituents is 1. The van der Waals surface area contributed by atoms with Gasteiger partial charge in [0.1, 0.15) is 11.5 Å². The molecule has 20 heavy (non-hydrogen) atoms. The Balaban J connectivity index is 2.81. The van der Waals surface area contributed by atoms with Gasteiger partial charge in [-0.05, 0) is 32.0 Å². The zero-order valence-electron chi connectivity index (χ0n) is 12.1. The van der Waals surface area contributed by atoms with E-state index in [1.807, 2.05) is 13.8 Å². The minimum atomic E-state index is -0.444. The lowest BCUT2D eigenvalue weighted by Crippen LogP contribution is -2.40. The van der Waals surface area contributed by atoms with Crippen molar-refractivity contribution in [2.45, 2.75) is 19.9 Å². The molecule has 0 radical (unpaired) electrons. The smallest absolute Gasteiger partial charge is 0.257 e. The second-order valence-electron chi connectivity index (χ2n) is 4.77. The molecule has 2 amide bonds. The molecular formula is C14H20N2O4. The Morgan fingerprint density at radius 3 is 2.60 bits per heavy atom. The molecule has 0 unspecified atom stereocenters. The van der Waals surface area contributed by atoms with Crippen LogP contribution in [0.2, 0.25) is 0 Å². The molecule has 0 aromatic heterocycles. The van der Waals surface area contributed by atoms with Gasteiger partial charge in [-0.1, -0.05) is 0 Å². The van der Waals surface area contributed by atoms with E-state index in [0.717, 1.165) is 0 Å². The van der Waals surface area contributed by atoms with Crippen LogP contribution in [0.4, 0.5) is 0 Å². The molecule has 0 bridgehead atoms. The number of hydrogen-bond donors (Lipinski definition) is 2. The highest BCUT2D eigenvalue weighted by atomic mass is 16.5. The van der Waals surface area contributed by atoms with Crippen LogP contribution in [0.1, 0.15) is 24.2 Å². The number of nitrogens with one attached hydrogen (secondary N) is 1. The monoisotopic (exact) mass is 280 g/mol. The zero-order chi connectivity index (χ0) is 15.3. The third kappa shape index (κ3) is 4.15. The lowest BCUT2D eigenvalue weighted by Gasteiger charge is -2.18. The molecule has 0 heterocycles. The molecule has 0 saturated heterocycles. The summed E-state index contributed by atoms with van der Waals surface area (Å²) in [4.78, 5) is 25.0. The van der Waals surface area contributed by atoms with E-state index < -0.39 is 5.91 Å². The van der Waals surface area contributed by atoms with Crippen molar-refractivity contribution >= 4 is 11.8 Å². The van der Waals surface area contributed by atoms with Crippen LogP contribution in [0.3, 0.4) is 0 Å². The normalized spacial score (nSPS) is 10.2. The van der Waals surface area contributed by atoms with Crippen molar-refractivity contribution in [2.75, 3.05) is 20.7 Å². The van der Waals surface area contributed by atoms with Crippen LogP contribution in [-0.2, 0) is 4.79 Å². The molecule has 6 nitrogen and oxygen atoms in total. The fourth-order valence-electron chi connectivity index (χ4n) is 1.67. The number of amides is 2. The van der Waals surface area contributed by atoms with Crippen LogP contribution in [-0.4, -0.2) is 48.6 Å². The number of benzene rings is 1. The average molecular weight is 280 g/mol. The zero-order valence-corrected chi connectivity index (χ0v) is 12.1. The number of carbonyl (C=O) groups is 2. The van der Waals surface area contributed by atoms with Crippen LogP contribution >= 0.6 is 0 Å². The number of methoxy groups -OCH3 is 1. The Hall–Kier alpha value is -2.24. The van der Waals surface area contributed by atoms with E-state index in [4.69, 9.17) is 4.74 Å². The number of carbonyl (C=O) groups excluding carboxylic acids is 2. The van der Waals surface area contributed by atoms with E-state index in [0.29, 0.717) is 5.75 Å². The predicted octanol–water partition coefficient (Wildman–Crippen LogP) is 0.997. The Morgan fingerprint density at radius 1 is 1.40 bits per heavy atom. The first-order valence-electron chi connectivity index (χ1n) is 6.27. The standard InChI is InChI=1S/C14H20N2O4/c1-9(2)15-13(18)8-16(3)14(19)11-7-10(20-4)5-6-12(11)17/h5-7,9,17H,8H2,1-4H3,(H,15,18). The Bertz CT molecular complexity index is 500. The Labute approximate surface area is 118 Å². The van der Waals surface area contributed by atoms with E-state index in [-0.39, 0.29) is 29.8 Å². The number of hydrogen-bond acceptors (Lipinski definition) is 4. The Kier molecular flexibility index (Phi) is 5.37. The van der Waals surface area contributed by atoms with Crippen molar-refractivity contribution in [3.05, 3.63) is 23.8 Å². The summed E-state index contributed by atoms with van der Waals surface area (Å²) in [6, 6.07) is 4.39. The molecule has 1 aromatic rings. The lowest BCUT2D eigenvalue weighted by atomic mass is 10.1. The van der Waals surface area contributed by atoms with Crippen molar-refractivity contribution in [2.24, 2.45) is 0 Å². The topological polar surface area (TPSA) is 78.9 Å². The van der Waals surface area contributed by atoms with Gasteiger partial charge in [0.2, 0.25) is 5.91 Å². The molecule has 6 heteroatoms. The molecule has 1 rings (SSSR count). The number of ether oxygens (including phenoxy) is 1. The van der Waals surface area contributed by atoms with E-state index >= 15 is 0 Å². The van der Waals surface area contributed by atoms with Gasteiger partial charge in [-0.15, -0.1) is 0 Å². The molecule has 0 aliphatic heterocycles. The van der Waals surface area contributed by atoms with E-state index in [1.54, 1.807) is 6.07 Å². The number of aromatic hydroxyl groups is 1. The van der Waals surface area contributed by atoms with Crippen molar-refractivity contribution in [1.29, 1.82) is 0 Å². The highest BCUT2D eigenvalue weighted by Gasteiger charge is 2.19. The summed E-state index contributed by atoms with van der Waals surface area (Å²) in [5.41, 5.74) is 0.101. The first-order chi connectivity index (χ1) is 9.35. The Morgan fingerprint density at radius 2 is 2.05 bits per heavy atom. The highest BCUT2D eigenvalue weighted by molar-refractivity contribution is 5.98.